The molecule has 7 heteroatoms. The number of hydrogen-bond acceptors (Lipinski definition) is 5. The molecule has 0 amide bonds. The molecule has 0 radical (unpaired) electrons. The minimum atomic E-state index is -3.03. The SMILES string of the molecule is O=C(O)CC1COC(CC2CCCCS2(=O)=O)O1. The van der Waals surface area contributed by atoms with E-state index in [1.165, 1.54) is 0 Å². The fraction of sp³-hybridized carbons (Fsp3) is 0.909. The minimum Gasteiger partial charge on any atom is -0.481 e. The highest BCUT2D eigenvalue weighted by Crippen LogP contribution is 2.27. The second-order valence-corrected chi connectivity index (χ2v) is 7.24. The summed E-state index contributed by atoms with van der Waals surface area (Å²) in [5.41, 5.74) is 0. The average Bonchev–Trinajstić information content (AvgIpc) is 2.68. The number of carboxylic acids is 1. The van der Waals surface area contributed by atoms with E-state index >= 15 is 0 Å². The first kappa shape index (κ1) is 13.8. The van der Waals surface area contributed by atoms with E-state index in [-0.39, 0.29) is 18.8 Å². The molecule has 2 saturated heterocycles. The highest BCUT2D eigenvalue weighted by Gasteiger charge is 2.35. The van der Waals surface area contributed by atoms with Crippen molar-refractivity contribution < 1.29 is 27.8 Å². The zero-order valence-electron chi connectivity index (χ0n) is 10.1. The van der Waals surface area contributed by atoms with Gasteiger partial charge in [0.1, 0.15) is 0 Å². The van der Waals surface area contributed by atoms with E-state index in [4.69, 9.17) is 14.6 Å². The maximum absolute atomic E-state index is 11.8. The Labute approximate surface area is 106 Å². The van der Waals surface area contributed by atoms with E-state index in [0.29, 0.717) is 12.8 Å². The fourth-order valence-corrected chi connectivity index (χ4v) is 4.35. The van der Waals surface area contributed by atoms with Gasteiger partial charge in [-0.15, -0.1) is 0 Å². The lowest BCUT2D eigenvalue weighted by atomic mass is 10.1. The Kier molecular flexibility index (Phi) is 4.24. The van der Waals surface area contributed by atoms with Crippen molar-refractivity contribution in [1.82, 2.24) is 0 Å². The van der Waals surface area contributed by atoms with Crippen LogP contribution in [0.25, 0.3) is 0 Å². The molecule has 2 heterocycles. The summed E-state index contributed by atoms with van der Waals surface area (Å²) >= 11 is 0. The molecule has 104 valence electrons. The van der Waals surface area contributed by atoms with E-state index in [1.807, 2.05) is 0 Å². The number of carbonyl (C=O) groups is 1. The summed E-state index contributed by atoms with van der Waals surface area (Å²) in [6, 6.07) is 0. The molecular formula is C11H18O6S. The molecular weight excluding hydrogens is 260 g/mol. The molecule has 0 aliphatic carbocycles. The summed E-state index contributed by atoms with van der Waals surface area (Å²) in [7, 11) is -3.03. The van der Waals surface area contributed by atoms with Gasteiger partial charge >= 0.3 is 5.97 Å². The molecule has 6 nitrogen and oxygen atoms in total. The monoisotopic (exact) mass is 278 g/mol. The summed E-state index contributed by atoms with van der Waals surface area (Å²) in [5, 5.41) is 8.23. The smallest absolute Gasteiger partial charge is 0.306 e. The van der Waals surface area contributed by atoms with Gasteiger partial charge in [0.2, 0.25) is 0 Å². The van der Waals surface area contributed by atoms with Crippen LogP contribution in [0.5, 0.6) is 0 Å². The van der Waals surface area contributed by atoms with Crippen LogP contribution in [0.15, 0.2) is 0 Å². The first-order valence-electron chi connectivity index (χ1n) is 6.18. The van der Waals surface area contributed by atoms with Gasteiger partial charge < -0.3 is 14.6 Å². The lowest BCUT2D eigenvalue weighted by Crippen LogP contribution is -2.32. The average molecular weight is 278 g/mol. The molecule has 3 unspecified atom stereocenters. The molecule has 0 aromatic heterocycles. The van der Waals surface area contributed by atoms with E-state index in [0.717, 1.165) is 12.8 Å². The van der Waals surface area contributed by atoms with Crippen LogP contribution >= 0.6 is 0 Å². The van der Waals surface area contributed by atoms with Crippen LogP contribution in [-0.2, 0) is 24.1 Å². The van der Waals surface area contributed by atoms with E-state index in [2.05, 4.69) is 0 Å². The van der Waals surface area contributed by atoms with Crippen molar-refractivity contribution in [2.45, 2.75) is 49.7 Å². The second kappa shape index (κ2) is 5.54. The van der Waals surface area contributed by atoms with Gasteiger partial charge in [0.05, 0.1) is 30.1 Å². The first-order chi connectivity index (χ1) is 8.47. The predicted molar refractivity (Wildman–Crippen MR) is 62.9 cm³/mol. The fourth-order valence-electron chi connectivity index (χ4n) is 2.43. The summed E-state index contributed by atoms with van der Waals surface area (Å²) in [4.78, 5) is 10.5. The molecule has 2 aliphatic rings. The Balaban J connectivity index is 1.85. The zero-order valence-corrected chi connectivity index (χ0v) is 10.9. The Bertz CT molecular complexity index is 404. The highest BCUT2D eigenvalue weighted by atomic mass is 32.2. The number of carboxylic acid groups (broad SMARTS) is 1. The summed E-state index contributed by atoms with van der Waals surface area (Å²) in [5.74, 6) is -0.697. The maximum atomic E-state index is 11.8. The highest BCUT2D eigenvalue weighted by molar-refractivity contribution is 7.92. The van der Waals surface area contributed by atoms with Gasteiger partial charge in [0.15, 0.2) is 16.1 Å². The van der Waals surface area contributed by atoms with Gasteiger partial charge in [-0.25, -0.2) is 8.42 Å². The lowest BCUT2D eigenvalue weighted by molar-refractivity contribution is -0.140. The lowest BCUT2D eigenvalue weighted by Gasteiger charge is -2.24. The predicted octanol–water partition coefficient (Wildman–Crippen LogP) is 0.560. The van der Waals surface area contributed by atoms with Crippen molar-refractivity contribution in [3.05, 3.63) is 0 Å². The molecule has 0 bridgehead atoms. The van der Waals surface area contributed by atoms with Crippen LogP contribution in [0.3, 0.4) is 0 Å². The minimum absolute atomic E-state index is 0.103. The summed E-state index contributed by atoms with van der Waals surface area (Å²) in [6.45, 7) is 0.226. The molecule has 2 aliphatic heterocycles. The Hall–Kier alpha value is -0.660. The van der Waals surface area contributed by atoms with Crippen molar-refractivity contribution in [3.63, 3.8) is 0 Å². The van der Waals surface area contributed by atoms with E-state index in [9.17, 15) is 13.2 Å². The zero-order chi connectivity index (χ0) is 13.2. The standard InChI is InChI=1S/C11H18O6S/c12-10(13)5-8-7-16-11(17-8)6-9-3-1-2-4-18(9,14)15/h8-9,11H,1-7H2,(H,12,13). The van der Waals surface area contributed by atoms with Crippen LogP contribution < -0.4 is 0 Å². The largest absolute Gasteiger partial charge is 0.481 e. The van der Waals surface area contributed by atoms with E-state index in [1.54, 1.807) is 0 Å². The van der Waals surface area contributed by atoms with Crippen molar-refractivity contribution in [1.29, 1.82) is 0 Å². The number of hydrogen-bond donors (Lipinski definition) is 1. The van der Waals surface area contributed by atoms with Gasteiger partial charge in [0, 0.05) is 6.42 Å². The molecule has 2 fully saturated rings. The first-order valence-corrected chi connectivity index (χ1v) is 7.89. The van der Waals surface area contributed by atoms with Gasteiger partial charge in [0.25, 0.3) is 0 Å². The normalized spacial score (nSPS) is 35.4. The molecule has 0 saturated carbocycles. The number of sulfone groups is 1. The number of aliphatic carboxylic acids is 1. The van der Waals surface area contributed by atoms with Crippen LogP contribution in [0.4, 0.5) is 0 Å². The second-order valence-electron chi connectivity index (χ2n) is 4.84. The molecule has 2 rings (SSSR count). The third-order valence-electron chi connectivity index (χ3n) is 3.38. The number of ether oxygens (including phenoxy) is 2. The third-order valence-corrected chi connectivity index (χ3v) is 5.68. The van der Waals surface area contributed by atoms with Crippen LogP contribution in [0, 0.1) is 0 Å². The molecule has 1 N–H and O–H groups in total. The van der Waals surface area contributed by atoms with Crippen LogP contribution in [0.1, 0.15) is 32.1 Å². The quantitative estimate of drug-likeness (QED) is 0.808. The van der Waals surface area contributed by atoms with Gasteiger partial charge in [-0.2, -0.15) is 0 Å². The third kappa shape index (κ3) is 3.43. The van der Waals surface area contributed by atoms with Crippen molar-refractivity contribution in [3.8, 4) is 0 Å². The van der Waals surface area contributed by atoms with Gasteiger partial charge in [-0.05, 0) is 12.8 Å². The van der Waals surface area contributed by atoms with Crippen molar-refractivity contribution in [2.24, 2.45) is 0 Å². The molecule has 18 heavy (non-hydrogen) atoms. The molecule has 0 spiro atoms. The van der Waals surface area contributed by atoms with E-state index < -0.39 is 33.5 Å². The maximum Gasteiger partial charge on any atom is 0.306 e. The summed E-state index contributed by atoms with van der Waals surface area (Å²) < 4.78 is 34.4. The van der Waals surface area contributed by atoms with Crippen LogP contribution in [0.2, 0.25) is 0 Å². The molecule has 0 aromatic carbocycles. The summed E-state index contributed by atoms with van der Waals surface area (Å²) in [6.07, 6.45) is 1.47. The molecule has 3 atom stereocenters. The van der Waals surface area contributed by atoms with Gasteiger partial charge in [-0.3, -0.25) is 4.79 Å². The van der Waals surface area contributed by atoms with Crippen LogP contribution in [-0.4, -0.2) is 49.5 Å². The van der Waals surface area contributed by atoms with Gasteiger partial charge in [-0.1, -0.05) is 6.42 Å². The Morgan fingerprint density at radius 1 is 1.33 bits per heavy atom. The Morgan fingerprint density at radius 3 is 2.78 bits per heavy atom. The number of rotatable bonds is 4. The van der Waals surface area contributed by atoms with Crippen molar-refractivity contribution >= 4 is 15.8 Å². The topological polar surface area (TPSA) is 89.9 Å². The Morgan fingerprint density at radius 2 is 2.11 bits per heavy atom. The molecule has 0 aromatic rings. The van der Waals surface area contributed by atoms with Crippen molar-refractivity contribution in [2.75, 3.05) is 12.4 Å².